The summed E-state index contributed by atoms with van der Waals surface area (Å²) in [7, 11) is 2.09. The average molecular weight is 265 g/mol. The molecule has 1 aliphatic heterocycles. The van der Waals surface area contributed by atoms with E-state index in [0.717, 1.165) is 26.3 Å². The first-order chi connectivity index (χ1) is 9.16. The summed E-state index contributed by atoms with van der Waals surface area (Å²) >= 11 is 0. The highest BCUT2D eigenvalue weighted by Crippen LogP contribution is 2.25. The van der Waals surface area contributed by atoms with Crippen LogP contribution in [0.3, 0.4) is 0 Å². The Labute approximate surface area is 116 Å². The molecule has 1 fully saturated rings. The third kappa shape index (κ3) is 4.32. The average Bonchev–Trinajstić information content (AvgIpc) is 2.81. The van der Waals surface area contributed by atoms with Crippen molar-refractivity contribution < 1.29 is 4.74 Å². The highest BCUT2D eigenvalue weighted by molar-refractivity contribution is 5.02. The van der Waals surface area contributed by atoms with Crippen LogP contribution in [0.5, 0.6) is 0 Å². The molecule has 0 radical (unpaired) electrons. The molecule has 1 aliphatic rings. The van der Waals surface area contributed by atoms with Gasteiger partial charge in [0.1, 0.15) is 5.82 Å². The van der Waals surface area contributed by atoms with E-state index in [1.54, 1.807) is 0 Å². The Bertz CT molecular complexity index is 375. The van der Waals surface area contributed by atoms with Gasteiger partial charge in [-0.05, 0) is 25.3 Å². The molecule has 1 unspecified atom stereocenters. The minimum Gasteiger partial charge on any atom is -0.380 e. The minimum absolute atomic E-state index is 0.582. The predicted molar refractivity (Wildman–Crippen MR) is 77.3 cm³/mol. The standard InChI is InChI=1S/C15H27N3O/c1-13(2)12-19-10-9-18-7-4-5-14(11-18)15-16-6-8-17(15)3/h6,8,13-14H,4-5,7,9-12H2,1-3H3. The van der Waals surface area contributed by atoms with Gasteiger partial charge < -0.3 is 14.2 Å². The quantitative estimate of drug-likeness (QED) is 0.739. The molecular weight excluding hydrogens is 238 g/mol. The lowest BCUT2D eigenvalue weighted by Gasteiger charge is -2.32. The maximum absolute atomic E-state index is 5.68. The zero-order valence-corrected chi connectivity index (χ0v) is 12.5. The number of likely N-dealkylation sites (tertiary alicyclic amines) is 1. The van der Waals surface area contributed by atoms with Gasteiger partial charge in [0.25, 0.3) is 0 Å². The number of piperidine rings is 1. The molecule has 0 aromatic carbocycles. The van der Waals surface area contributed by atoms with E-state index in [1.807, 2.05) is 12.4 Å². The molecule has 108 valence electrons. The van der Waals surface area contributed by atoms with Gasteiger partial charge >= 0.3 is 0 Å². The summed E-state index contributed by atoms with van der Waals surface area (Å²) < 4.78 is 7.84. The molecule has 0 amide bonds. The van der Waals surface area contributed by atoms with Crippen LogP contribution in [0.2, 0.25) is 0 Å². The Hall–Kier alpha value is -0.870. The van der Waals surface area contributed by atoms with E-state index in [0.29, 0.717) is 11.8 Å². The van der Waals surface area contributed by atoms with Gasteiger partial charge in [0.2, 0.25) is 0 Å². The van der Waals surface area contributed by atoms with Gasteiger partial charge in [-0.3, -0.25) is 0 Å². The van der Waals surface area contributed by atoms with Gasteiger partial charge in [-0.2, -0.15) is 0 Å². The molecule has 0 spiro atoms. The molecule has 0 bridgehead atoms. The third-order valence-corrected chi connectivity index (χ3v) is 3.73. The summed E-state index contributed by atoms with van der Waals surface area (Å²) in [6.45, 7) is 9.48. The normalized spacial score (nSPS) is 21.2. The van der Waals surface area contributed by atoms with Crippen LogP contribution in [0.25, 0.3) is 0 Å². The van der Waals surface area contributed by atoms with Crippen LogP contribution in [-0.4, -0.2) is 47.3 Å². The Morgan fingerprint density at radius 2 is 2.32 bits per heavy atom. The number of hydrogen-bond acceptors (Lipinski definition) is 3. The van der Waals surface area contributed by atoms with Gasteiger partial charge in [-0.1, -0.05) is 13.8 Å². The molecule has 0 N–H and O–H groups in total. The van der Waals surface area contributed by atoms with E-state index >= 15 is 0 Å². The summed E-state index contributed by atoms with van der Waals surface area (Å²) in [5.74, 6) is 2.44. The van der Waals surface area contributed by atoms with Crippen molar-refractivity contribution in [3.8, 4) is 0 Å². The van der Waals surface area contributed by atoms with E-state index in [9.17, 15) is 0 Å². The summed E-state index contributed by atoms with van der Waals surface area (Å²) in [5.41, 5.74) is 0. The monoisotopic (exact) mass is 265 g/mol. The van der Waals surface area contributed by atoms with Crippen LogP contribution < -0.4 is 0 Å². The molecule has 4 heteroatoms. The second-order valence-electron chi connectivity index (χ2n) is 6.00. The number of hydrogen-bond donors (Lipinski definition) is 0. The summed E-state index contributed by atoms with van der Waals surface area (Å²) in [5, 5.41) is 0. The Morgan fingerprint density at radius 3 is 3.00 bits per heavy atom. The van der Waals surface area contributed by atoms with Crippen molar-refractivity contribution in [2.75, 3.05) is 32.8 Å². The number of aromatic nitrogens is 2. The zero-order chi connectivity index (χ0) is 13.7. The van der Waals surface area contributed by atoms with Crippen molar-refractivity contribution >= 4 is 0 Å². The SMILES string of the molecule is CC(C)COCCN1CCCC(c2nccn2C)C1. The van der Waals surface area contributed by atoms with E-state index < -0.39 is 0 Å². The van der Waals surface area contributed by atoms with Gasteiger partial charge in [-0.25, -0.2) is 4.98 Å². The van der Waals surface area contributed by atoms with E-state index in [2.05, 4.69) is 35.3 Å². The lowest BCUT2D eigenvalue weighted by Crippen LogP contribution is -2.37. The fraction of sp³-hybridized carbons (Fsp3) is 0.800. The Kier molecular flexibility index (Phi) is 5.40. The first kappa shape index (κ1) is 14.5. The first-order valence-corrected chi connectivity index (χ1v) is 7.44. The van der Waals surface area contributed by atoms with Gasteiger partial charge in [0.05, 0.1) is 6.61 Å². The second-order valence-corrected chi connectivity index (χ2v) is 6.00. The molecule has 0 saturated carbocycles. The third-order valence-electron chi connectivity index (χ3n) is 3.73. The van der Waals surface area contributed by atoms with E-state index in [1.165, 1.54) is 25.2 Å². The zero-order valence-electron chi connectivity index (χ0n) is 12.5. The fourth-order valence-corrected chi connectivity index (χ4v) is 2.75. The maximum Gasteiger partial charge on any atom is 0.112 e. The number of ether oxygens (including phenoxy) is 1. The van der Waals surface area contributed by atoms with Crippen molar-refractivity contribution in [1.29, 1.82) is 0 Å². The van der Waals surface area contributed by atoms with Crippen molar-refractivity contribution in [3.63, 3.8) is 0 Å². The molecule has 1 saturated heterocycles. The van der Waals surface area contributed by atoms with Crippen LogP contribution in [0.1, 0.15) is 38.4 Å². The summed E-state index contributed by atoms with van der Waals surface area (Å²) in [4.78, 5) is 7.02. The van der Waals surface area contributed by atoms with Crippen LogP contribution in [0, 0.1) is 5.92 Å². The highest BCUT2D eigenvalue weighted by Gasteiger charge is 2.23. The number of aryl methyl sites for hydroxylation is 1. The highest BCUT2D eigenvalue weighted by atomic mass is 16.5. The van der Waals surface area contributed by atoms with E-state index in [-0.39, 0.29) is 0 Å². The molecule has 1 aromatic heterocycles. The van der Waals surface area contributed by atoms with Crippen LogP contribution in [0.4, 0.5) is 0 Å². The topological polar surface area (TPSA) is 30.3 Å². The van der Waals surface area contributed by atoms with Crippen LogP contribution in [-0.2, 0) is 11.8 Å². The van der Waals surface area contributed by atoms with Crippen molar-refractivity contribution in [1.82, 2.24) is 14.5 Å². The largest absolute Gasteiger partial charge is 0.380 e. The van der Waals surface area contributed by atoms with E-state index in [4.69, 9.17) is 4.74 Å². The van der Waals surface area contributed by atoms with Gasteiger partial charge in [0.15, 0.2) is 0 Å². The number of nitrogens with zero attached hydrogens (tertiary/aromatic N) is 3. The molecule has 0 aliphatic carbocycles. The molecule has 2 rings (SSSR count). The molecule has 4 nitrogen and oxygen atoms in total. The molecule has 1 atom stereocenters. The van der Waals surface area contributed by atoms with Gasteiger partial charge in [-0.15, -0.1) is 0 Å². The lowest BCUT2D eigenvalue weighted by atomic mass is 9.97. The molecule has 19 heavy (non-hydrogen) atoms. The minimum atomic E-state index is 0.582. The van der Waals surface area contributed by atoms with Crippen LogP contribution >= 0.6 is 0 Å². The maximum atomic E-state index is 5.68. The van der Waals surface area contributed by atoms with Crippen molar-refractivity contribution in [2.24, 2.45) is 13.0 Å². The van der Waals surface area contributed by atoms with Crippen molar-refractivity contribution in [3.05, 3.63) is 18.2 Å². The van der Waals surface area contributed by atoms with Crippen LogP contribution in [0.15, 0.2) is 12.4 Å². The van der Waals surface area contributed by atoms with Gasteiger partial charge in [0, 0.05) is 45.1 Å². The second kappa shape index (κ2) is 7.06. The Balaban J connectivity index is 1.76. The first-order valence-electron chi connectivity index (χ1n) is 7.44. The molecule has 1 aromatic rings. The fourth-order valence-electron chi connectivity index (χ4n) is 2.75. The molecule has 2 heterocycles. The lowest BCUT2D eigenvalue weighted by molar-refractivity contribution is 0.0764. The summed E-state index contributed by atoms with van der Waals surface area (Å²) in [6, 6.07) is 0. The molecular formula is C15H27N3O. The predicted octanol–water partition coefficient (Wildman–Crippen LogP) is 2.27. The Morgan fingerprint density at radius 1 is 1.47 bits per heavy atom. The van der Waals surface area contributed by atoms with Crippen molar-refractivity contribution in [2.45, 2.75) is 32.6 Å². The smallest absolute Gasteiger partial charge is 0.112 e. The summed E-state index contributed by atoms with van der Waals surface area (Å²) in [6.07, 6.45) is 6.47. The number of imidazole rings is 1. The number of rotatable bonds is 6.